The van der Waals surface area contributed by atoms with Crippen molar-refractivity contribution in [1.29, 1.82) is 0 Å². The zero-order chi connectivity index (χ0) is 14.0. The highest BCUT2D eigenvalue weighted by atomic mass is 79.9. The average molecular weight is 346 g/mol. The van der Waals surface area contributed by atoms with Crippen LogP contribution in [0, 0.1) is 5.82 Å². The number of benzene rings is 2. The summed E-state index contributed by atoms with van der Waals surface area (Å²) < 4.78 is 19.5. The minimum absolute atomic E-state index is 0.168. The molecule has 0 bridgehead atoms. The third-order valence-corrected chi connectivity index (χ3v) is 3.58. The average Bonchev–Trinajstić information content (AvgIpc) is 2.40. The second kappa shape index (κ2) is 5.90. The highest BCUT2D eigenvalue weighted by molar-refractivity contribution is 9.10. The summed E-state index contributed by atoms with van der Waals surface area (Å²) in [4.78, 5) is 0. The van der Waals surface area contributed by atoms with Gasteiger partial charge in [0.1, 0.15) is 17.7 Å². The largest absolute Gasteiger partial charge is 0.497 e. The van der Waals surface area contributed by atoms with Crippen molar-refractivity contribution in [2.45, 2.75) is 6.10 Å². The second-order valence-corrected chi connectivity index (χ2v) is 5.28. The Morgan fingerprint density at radius 2 is 1.95 bits per heavy atom. The van der Waals surface area contributed by atoms with Gasteiger partial charge in [0.05, 0.1) is 12.1 Å². The maximum absolute atomic E-state index is 13.7. The Morgan fingerprint density at radius 3 is 2.58 bits per heavy atom. The SMILES string of the molecule is COc1ccc(C(O)c2cc(Br)ccc2F)c(Cl)c1. The van der Waals surface area contributed by atoms with E-state index in [9.17, 15) is 9.50 Å². The van der Waals surface area contributed by atoms with E-state index in [1.54, 1.807) is 24.3 Å². The minimum Gasteiger partial charge on any atom is -0.497 e. The van der Waals surface area contributed by atoms with Crippen LogP contribution in [0.25, 0.3) is 0 Å². The molecule has 1 unspecified atom stereocenters. The molecule has 2 aromatic rings. The van der Waals surface area contributed by atoms with Gasteiger partial charge in [0.25, 0.3) is 0 Å². The molecule has 0 amide bonds. The van der Waals surface area contributed by atoms with Gasteiger partial charge in [0.2, 0.25) is 0 Å². The number of rotatable bonds is 3. The normalized spacial score (nSPS) is 12.3. The van der Waals surface area contributed by atoms with Gasteiger partial charge in [0, 0.05) is 15.6 Å². The number of hydrogen-bond acceptors (Lipinski definition) is 2. The van der Waals surface area contributed by atoms with Gasteiger partial charge in [-0.05, 0) is 30.3 Å². The summed E-state index contributed by atoms with van der Waals surface area (Å²) in [6.45, 7) is 0. The van der Waals surface area contributed by atoms with E-state index in [0.29, 0.717) is 20.8 Å². The molecule has 2 rings (SSSR count). The highest BCUT2D eigenvalue weighted by Crippen LogP contribution is 2.33. The molecule has 1 atom stereocenters. The first-order valence-electron chi connectivity index (χ1n) is 5.49. The Morgan fingerprint density at radius 1 is 1.21 bits per heavy atom. The molecule has 0 aliphatic rings. The van der Waals surface area contributed by atoms with E-state index in [4.69, 9.17) is 16.3 Å². The van der Waals surface area contributed by atoms with Crippen molar-refractivity contribution in [3.63, 3.8) is 0 Å². The molecular formula is C14H11BrClFO2. The molecule has 19 heavy (non-hydrogen) atoms. The van der Waals surface area contributed by atoms with Crippen LogP contribution < -0.4 is 4.74 Å². The van der Waals surface area contributed by atoms with Crippen molar-refractivity contribution in [3.8, 4) is 5.75 Å². The monoisotopic (exact) mass is 344 g/mol. The summed E-state index contributed by atoms with van der Waals surface area (Å²) in [5, 5.41) is 10.6. The lowest BCUT2D eigenvalue weighted by atomic mass is 10.0. The molecule has 5 heteroatoms. The Hall–Kier alpha value is -1.10. The lowest BCUT2D eigenvalue weighted by Gasteiger charge is -2.15. The molecule has 0 saturated heterocycles. The summed E-state index contributed by atoms with van der Waals surface area (Å²) in [7, 11) is 1.52. The third kappa shape index (κ3) is 3.08. The fraction of sp³-hybridized carbons (Fsp3) is 0.143. The standard InChI is InChI=1S/C14H11BrClFO2/c1-19-9-3-4-10(12(16)7-9)14(18)11-6-8(15)2-5-13(11)17/h2-7,14,18H,1H3. The van der Waals surface area contributed by atoms with Crippen LogP contribution in [0.2, 0.25) is 5.02 Å². The lowest BCUT2D eigenvalue weighted by Crippen LogP contribution is -2.03. The van der Waals surface area contributed by atoms with Crippen LogP contribution >= 0.6 is 27.5 Å². The number of methoxy groups -OCH3 is 1. The number of aliphatic hydroxyl groups is 1. The lowest BCUT2D eigenvalue weighted by molar-refractivity contribution is 0.215. The maximum Gasteiger partial charge on any atom is 0.129 e. The molecule has 0 spiro atoms. The molecule has 1 N–H and O–H groups in total. The van der Waals surface area contributed by atoms with E-state index in [-0.39, 0.29) is 5.56 Å². The van der Waals surface area contributed by atoms with E-state index in [1.807, 2.05) is 0 Å². The smallest absolute Gasteiger partial charge is 0.129 e. The highest BCUT2D eigenvalue weighted by Gasteiger charge is 2.18. The van der Waals surface area contributed by atoms with Crippen molar-refractivity contribution >= 4 is 27.5 Å². The first kappa shape index (κ1) is 14.3. The fourth-order valence-electron chi connectivity index (χ4n) is 1.75. The molecular weight excluding hydrogens is 335 g/mol. The van der Waals surface area contributed by atoms with Crippen LogP contribution in [-0.2, 0) is 0 Å². The quantitative estimate of drug-likeness (QED) is 0.897. The van der Waals surface area contributed by atoms with Gasteiger partial charge in [-0.3, -0.25) is 0 Å². The molecule has 0 radical (unpaired) electrons. The van der Waals surface area contributed by atoms with Gasteiger partial charge in [0.15, 0.2) is 0 Å². The molecule has 0 aliphatic heterocycles. The zero-order valence-corrected chi connectivity index (χ0v) is 12.4. The van der Waals surface area contributed by atoms with E-state index < -0.39 is 11.9 Å². The molecule has 0 heterocycles. The summed E-state index contributed by atoms with van der Waals surface area (Å²) >= 11 is 9.32. The summed E-state index contributed by atoms with van der Waals surface area (Å²) in [5.74, 6) is 0.0956. The van der Waals surface area contributed by atoms with E-state index >= 15 is 0 Å². The minimum atomic E-state index is -1.13. The first-order valence-corrected chi connectivity index (χ1v) is 6.66. The zero-order valence-electron chi connectivity index (χ0n) is 10.0. The van der Waals surface area contributed by atoms with Crippen LogP contribution in [0.1, 0.15) is 17.2 Å². The predicted octanol–water partition coefficient (Wildman–Crippen LogP) is 4.33. The Kier molecular flexibility index (Phi) is 4.45. The van der Waals surface area contributed by atoms with Crippen molar-refractivity contribution in [2.24, 2.45) is 0 Å². The fourth-order valence-corrected chi connectivity index (χ4v) is 2.40. The van der Waals surface area contributed by atoms with E-state index in [1.165, 1.54) is 19.2 Å². The molecule has 0 aliphatic carbocycles. The second-order valence-electron chi connectivity index (χ2n) is 3.96. The van der Waals surface area contributed by atoms with Crippen LogP contribution in [0.3, 0.4) is 0 Å². The van der Waals surface area contributed by atoms with Crippen LogP contribution in [0.15, 0.2) is 40.9 Å². The Bertz CT molecular complexity index is 604. The number of aliphatic hydroxyl groups excluding tert-OH is 1. The van der Waals surface area contributed by atoms with E-state index in [0.717, 1.165) is 0 Å². The summed E-state index contributed by atoms with van der Waals surface area (Å²) in [5.41, 5.74) is 0.598. The third-order valence-electron chi connectivity index (χ3n) is 2.75. The summed E-state index contributed by atoms with van der Waals surface area (Å²) in [6.07, 6.45) is -1.13. The number of halogens is 3. The van der Waals surface area contributed by atoms with Crippen LogP contribution in [0.4, 0.5) is 4.39 Å². The molecule has 0 aromatic heterocycles. The number of ether oxygens (including phenoxy) is 1. The van der Waals surface area contributed by atoms with Crippen LogP contribution in [-0.4, -0.2) is 12.2 Å². The van der Waals surface area contributed by atoms with Gasteiger partial charge in [-0.1, -0.05) is 33.6 Å². The van der Waals surface area contributed by atoms with Crippen molar-refractivity contribution in [1.82, 2.24) is 0 Å². The van der Waals surface area contributed by atoms with Gasteiger partial charge in [-0.15, -0.1) is 0 Å². The topological polar surface area (TPSA) is 29.5 Å². The first-order chi connectivity index (χ1) is 9.02. The molecule has 0 saturated carbocycles. The van der Waals surface area contributed by atoms with Gasteiger partial charge in [-0.25, -0.2) is 4.39 Å². The molecule has 0 fully saturated rings. The Labute approximate surface area is 123 Å². The van der Waals surface area contributed by atoms with Crippen molar-refractivity contribution in [2.75, 3.05) is 7.11 Å². The van der Waals surface area contributed by atoms with Gasteiger partial charge in [-0.2, -0.15) is 0 Å². The van der Waals surface area contributed by atoms with Gasteiger partial charge >= 0.3 is 0 Å². The Balaban J connectivity index is 2.43. The van der Waals surface area contributed by atoms with Crippen LogP contribution in [0.5, 0.6) is 5.75 Å². The molecule has 2 nitrogen and oxygen atoms in total. The van der Waals surface area contributed by atoms with Crippen molar-refractivity contribution < 1.29 is 14.2 Å². The summed E-state index contributed by atoms with van der Waals surface area (Å²) in [6, 6.07) is 9.25. The predicted molar refractivity (Wildman–Crippen MR) is 76.2 cm³/mol. The number of hydrogen-bond donors (Lipinski definition) is 1. The molecule has 2 aromatic carbocycles. The molecule has 100 valence electrons. The van der Waals surface area contributed by atoms with Crippen molar-refractivity contribution in [3.05, 3.63) is 62.8 Å². The van der Waals surface area contributed by atoms with Gasteiger partial charge < -0.3 is 9.84 Å². The maximum atomic E-state index is 13.7. The van der Waals surface area contributed by atoms with E-state index in [2.05, 4.69) is 15.9 Å².